The minimum absolute atomic E-state index is 0.00271. The molecule has 0 saturated heterocycles. The largest absolute Gasteiger partial charge is 0.478 e. The Morgan fingerprint density at radius 1 is 1.14 bits per heavy atom. The number of hydrogen-bond donors (Lipinski definition) is 1. The third-order valence-corrected chi connectivity index (χ3v) is 3.01. The van der Waals surface area contributed by atoms with Crippen LogP contribution in [0.4, 0.5) is 13.2 Å². The van der Waals surface area contributed by atoms with E-state index in [1.165, 1.54) is 12.1 Å². The highest BCUT2D eigenvalue weighted by atomic mass is 19.4. The number of aromatic nitrogens is 1. The van der Waals surface area contributed by atoms with Crippen molar-refractivity contribution in [2.75, 3.05) is 0 Å². The Balaban J connectivity index is 2.26. The first-order valence-electron chi connectivity index (χ1n) is 6.32. The molecule has 0 radical (unpaired) electrons. The van der Waals surface area contributed by atoms with Crippen LogP contribution >= 0.6 is 0 Å². The lowest BCUT2D eigenvalue weighted by molar-refractivity contribution is -0.137. The standard InChI is InChI=1S/C16H12F3NO2/c1-10(15(21)22)9-13-3-2-4-14(20-13)11-5-7-12(8-6-11)16(17,18)19/h2-8H,1,9H2,(H,21,22). The van der Waals surface area contributed by atoms with E-state index in [-0.39, 0.29) is 12.0 Å². The van der Waals surface area contributed by atoms with Gasteiger partial charge in [0.1, 0.15) is 0 Å². The summed E-state index contributed by atoms with van der Waals surface area (Å²) in [5.74, 6) is -1.11. The number of rotatable bonds is 4. The molecule has 0 aliphatic rings. The van der Waals surface area contributed by atoms with Crippen molar-refractivity contribution in [1.29, 1.82) is 0 Å². The normalized spacial score (nSPS) is 11.2. The Bertz CT molecular complexity index is 706. The smallest absolute Gasteiger partial charge is 0.416 e. The van der Waals surface area contributed by atoms with Crippen LogP contribution in [0.3, 0.4) is 0 Å². The summed E-state index contributed by atoms with van der Waals surface area (Å²) in [6.07, 6.45) is -4.31. The monoisotopic (exact) mass is 307 g/mol. The number of nitrogens with zero attached hydrogens (tertiary/aromatic N) is 1. The minimum Gasteiger partial charge on any atom is -0.478 e. The molecule has 0 atom stereocenters. The van der Waals surface area contributed by atoms with Crippen LogP contribution in [0.25, 0.3) is 11.3 Å². The van der Waals surface area contributed by atoms with Crippen LogP contribution < -0.4 is 0 Å². The van der Waals surface area contributed by atoms with Crippen molar-refractivity contribution in [1.82, 2.24) is 4.98 Å². The van der Waals surface area contributed by atoms with Gasteiger partial charge in [0, 0.05) is 23.3 Å². The van der Waals surface area contributed by atoms with E-state index in [1.54, 1.807) is 18.2 Å². The summed E-state index contributed by atoms with van der Waals surface area (Å²) >= 11 is 0. The first-order chi connectivity index (χ1) is 10.3. The van der Waals surface area contributed by atoms with Gasteiger partial charge in [-0.2, -0.15) is 13.2 Å². The molecule has 3 nitrogen and oxygen atoms in total. The lowest BCUT2D eigenvalue weighted by Gasteiger charge is -2.08. The summed E-state index contributed by atoms with van der Waals surface area (Å²) in [7, 11) is 0. The number of carboxylic acid groups (broad SMARTS) is 1. The van der Waals surface area contributed by atoms with E-state index >= 15 is 0 Å². The fraction of sp³-hybridized carbons (Fsp3) is 0.125. The highest BCUT2D eigenvalue weighted by molar-refractivity contribution is 5.86. The van der Waals surface area contributed by atoms with Gasteiger partial charge < -0.3 is 5.11 Å². The van der Waals surface area contributed by atoms with Crippen molar-refractivity contribution in [2.24, 2.45) is 0 Å². The lowest BCUT2D eigenvalue weighted by Crippen LogP contribution is -2.05. The van der Waals surface area contributed by atoms with Crippen LogP contribution in [0, 0.1) is 0 Å². The highest BCUT2D eigenvalue weighted by Crippen LogP contribution is 2.30. The average molecular weight is 307 g/mol. The van der Waals surface area contributed by atoms with Crippen molar-refractivity contribution < 1.29 is 23.1 Å². The van der Waals surface area contributed by atoms with Gasteiger partial charge in [-0.25, -0.2) is 4.79 Å². The van der Waals surface area contributed by atoms with Gasteiger partial charge >= 0.3 is 12.1 Å². The number of carbonyl (C=O) groups is 1. The average Bonchev–Trinajstić information content (AvgIpc) is 2.46. The summed E-state index contributed by atoms with van der Waals surface area (Å²) in [6.45, 7) is 3.43. The predicted molar refractivity (Wildman–Crippen MR) is 75.2 cm³/mol. The lowest BCUT2D eigenvalue weighted by atomic mass is 10.1. The van der Waals surface area contributed by atoms with E-state index in [2.05, 4.69) is 11.6 Å². The molecule has 22 heavy (non-hydrogen) atoms. The maximum atomic E-state index is 12.5. The minimum atomic E-state index is -4.38. The van der Waals surface area contributed by atoms with Crippen molar-refractivity contribution in [2.45, 2.75) is 12.6 Å². The van der Waals surface area contributed by atoms with Gasteiger partial charge in [-0.1, -0.05) is 24.8 Å². The van der Waals surface area contributed by atoms with Crippen molar-refractivity contribution >= 4 is 5.97 Å². The number of alkyl halides is 3. The molecule has 6 heteroatoms. The first kappa shape index (κ1) is 15.8. The number of halogens is 3. The van der Waals surface area contributed by atoms with Crippen LogP contribution in [0.15, 0.2) is 54.6 Å². The van der Waals surface area contributed by atoms with Crippen LogP contribution in [-0.2, 0) is 17.4 Å². The Labute approximate surface area is 124 Å². The SMILES string of the molecule is C=C(Cc1cccc(-c2ccc(C(F)(F)F)cc2)n1)C(=O)O. The second-order valence-electron chi connectivity index (χ2n) is 4.67. The molecule has 1 N–H and O–H groups in total. The maximum Gasteiger partial charge on any atom is 0.416 e. The molecular formula is C16H12F3NO2. The predicted octanol–water partition coefficient (Wildman–Crippen LogP) is 3.95. The topological polar surface area (TPSA) is 50.2 Å². The van der Waals surface area contributed by atoms with Crippen LogP contribution in [0.2, 0.25) is 0 Å². The van der Waals surface area contributed by atoms with Crippen LogP contribution in [0.5, 0.6) is 0 Å². The number of pyridine rings is 1. The molecule has 1 heterocycles. The van der Waals surface area contributed by atoms with Gasteiger partial charge in [-0.3, -0.25) is 4.98 Å². The first-order valence-corrected chi connectivity index (χ1v) is 6.32. The van der Waals surface area contributed by atoms with Gasteiger partial charge in [0.05, 0.1) is 11.3 Å². The third-order valence-electron chi connectivity index (χ3n) is 3.01. The molecule has 1 aromatic carbocycles. The molecule has 114 valence electrons. The second kappa shape index (κ2) is 6.01. The Kier molecular flexibility index (Phi) is 4.30. The summed E-state index contributed by atoms with van der Waals surface area (Å²) in [5.41, 5.74) is 0.758. The van der Waals surface area contributed by atoms with Crippen molar-refractivity contribution in [3.63, 3.8) is 0 Å². The molecule has 0 spiro atoms. The number of hydrogen-bond acceptors (Lipinski definition) is 2. The van der Waals surface area contributed by atoms with E-state index in [1.807, 2.05) is 0 Å². The quantitative estimate of drug-likeness (QED) is 0.870. The second-order valence-corrected chi connectivity index (χ2v) is 4.67. The van der Waals surface area contributed by atoms with Gasteiger partial charge in [-0.05, 0) is 24.3 Å². The Morgan fingerprint density at radius 2 is 1.77 bits per heavy atom. The van der Waals surface area contributed by atoms with E-state index in [4.69, 9.17) is 5.11 Å². The molecule has 0 aliphatic carbocycles. The molecule has 1 aromatic heterocycles. The van der Waals surface area contributed by atoms with E-state index in [0.717, 1.165) is 12.1 Å². The van der Waals surface area contributed by atoms with Gasteiger partial charge in [-0.15, -0.1) is 0 Å². The Morgan fingerprint density at radius 3 is 2.32 bits per heavy atom. The van der Waals surface area contributed by atoms with Crippen LogP contribution in [0.1, 0.15) is 11.3 Å². The molecule has 2 aromatic rings. The summed E-state index contributed by atoms with van der Waals surface area (Å²) in [4.78, 5) is 15.0. The number of aliphatic carboxylic acids is 1. The molecular weight excluding hydrogens is 295 g/mol. The fourth-order valence-corrected chi connectivity index (χ4v) is 1.86. The number of benzene rings is 1. The molecule has 0 bridgehead atoms. The number of carboxylic acids is 1. The molecule has 0 unspecified atom stereocenters. The summed E-state index contributed by atoms with van der Waals surface area (Å²) in [5, 5.41) is 8.80. The van der Waals surface area contributed by atoms with Gasteiger partial charge in [0.25, 0.3) is 0 Å². The fourth-order valence-electron chi connectivity index (χ4n) is 1.86. The van der Waals surface area contributed by atoms with Crippen LogP contribution in [-0.4, -0.2) is 16.1 Å². The molecule has 0 fully saturated rings. The summed E-state index contributed by atoms with van der Waals surface area (Å²) in [6, 6.07) is 9.60. The third kappa shape index (κ3) is 3.72. The zero-order valence-corrected chi connectivity index (χ0v) is 11.4. The maximum absolute atomic E-state index is 12.5. The summed E-state index contributed by atoms with van der Waals surface area (Å²) < 4.78 is 37.6. The molecule has 0 saturated carbocycles. The van der Waals surface area contributed by atoms with Crippen molar-refractivity contribution in [3.8, 4) is 11.3 Å². The van der Waals surface area contributed by atoms with Gasteiger partial charge in [0.15, 0.2) is 0 Å². The van der Waals surface area contributed by atoms with E-state index < -0.39 is 17.7 Å². The van der Waals surface area contributed by atoms with E-state index in [9.17, 15) is 18.0 Å². The highest BCUT2D eigenvalue weighted by Gasteiger charge is 2.29. The molecule has 0 aliphatic heterocycles. The van der Waals surface area contributed by atoms with Gasteiger partial charge in [0.2, 0.25) is 0 Å². The Hall–Kier alpha value is -2.63. The zero-order chi connectivity index (χ0) is 16.3. The molecule has 0 amide bonds. The molecule has 2 rings (SSSR count). The van der Waals surface area contributed by atoms with E-state index in [0.29, 0.717) is 17.0 Å². The van der Waals surface area contributed by atoms with Crippen molar-refractivity contribution in [3.05, 3.63) is 65.9 Å². The zero-order valence-electron chi connectivity index (χ0n) is 11.4.